The highest BCUT2D eigenvalue weighted by Gasteiger charge is 2.32. The number of fused-ring (bicyclic) bond motifs is 1. The van der Waals surface area contributed by atoms with Crippen molar-refractivity contribution in [2.75, 3.05) is 32.8 Å². The van der Waals surface area contributed by atoms with Gasteiger partial charge >= 0.3 is 0 Å². The van der Waals surface area contributed by atoms with E-state index in [1.54, 1.807) is 15.6 Å². The highest BCUT2D eigenvalue weighted by atomic mass is 32.2. The summed E-state index contributed by atoms with van der Waals surface area (Å²) < 4.78 is 47.6. The molecule has 3 heterocycles. The first-order chi connectivity index (χ1) is 13.0. The molecule has 0 unspecified atom stereocenters. The van der Waals surface area contributed by atoms with Crippen LogP contribution in [0.3, 0.4) is 0 Å². The molecule has 0 radical (unpaired) electrons. The number of carbonyl (C=O) groups is 1. The lowest BCUT2D eigenvalue weighted by Gasteiger charge is -2.27. The molecule has 0 saturated carbocycles. The van der Waals surface area contributed by atoms with Gasteiger partial charge in [-0.1, -0.05) is 12.1 Å². The molecule has 1 saturated heterocycles. The lowest BCUT2D eigenvalue weighted by Crippen LogP contribution is -2.41. The predicted molar refractivity (Wildman–Crippen MR) is 92.9 cm³/mol. The van der Waals surface area contributed by atoms with E-state index < -0.39 is 15.8 Å². The third-order valence-corrected chi connectivity index (χ3v) is 6.61. The van der Waals surface area contributed by atoms with Crippen LogP contribution in [-0.4, -0.2) is 66.2 Å². The standard InChI is InChI=1S/C17H19FN4O4S/c18-14-3-1-2-4-16(14)27(24,25)21-5-6-22-13(12-21)11-15(19-22)17(23)20-7-9-26-10-8-20/h1-4,11H,5-10,12H2. The first kappa shape index (κ1) is 18.1. The number of rotatable bonds is 3. The maximum atomic E-state index is 14.0. The largest absolute Gasteiger partial charge is 0.378 e. The smallest absolute Gasteiger partial charge is 0.274 e. The molecule has 0 bridgehead atoms. The van der Waals surface area contributed by atoms with Crippen molar-refractivity contribution in [3.63, 3.8) is 0 Å². The van der Waals surface area contributed by atoms with Crippen molar-refractivity contribution >= 4 is 15.9 Å². The van der Waals surface area contributed by atoms with Gasteiger partial charge in [-0.25, -0.2) is 12.8 Å². The molecule has 8 nitrogen and oxygen atoms in total. The molecule has 1 fully saturated rings. The summed E-state index contributed by atoms with van der Waals surface area (Å²) in [7, 11) is -3.96. The van der Waals surface area contributed by atoms with E-state index in [0.29, 0.717) is 38.5 Å². The maximum Gasteiger partial charge on any atom is 0.274 e. The van der Waals surface area contributed by atoms with Gasteiger partial charge in [0.05, 0.1) is 32.0 Å². The van der Waals surface area contributed by atoms with E-state index >= 15 is 0 Å². The maximum absolute atomic E-state index is 14.0. The van der Waals surface area contributed by atoms with Crippen molar-refractivity contribution in [2.45, 2.75) is 18.0 Å². The van der Waals surface area contributed by atoms with Crippen LogP contribution in [-0.2, 0) is 27.8 Å². The Balaban J connectivity index is 1.56. The number of morpholine rings is 1. The fraction of sp³-hybridized carbons (Fsp3) is 0.412. The number of aromatic nitrogens is 2. The highest BCUT2D eigenvalue weighted by Crippen LogP contribution is 2.24. The summed E-state index contributed by atoms with van der Waals surface area (Å²) in [4.78, 5) is 13.9. The minimum atomic E-state index is -3.96. The molecule has 2 aromatic rings. The van der Waals surface area contributed by atoms with E-state index in [1.165, 1.54) is 22.5 Å². The van der Waals surface area contributed by atoms with E-state index in [-0.39, 0.29) is 29.6 Å². The number of sulfonamides is 1. The molecule has 1 aromatic carbocycles. The summed E-state index contributed by atoms with van der Waals surface area (Å²) in [5.74, 6) is -0.969. The number of hydrogen-bond acceptors (Lipinski definition) is 5. The van der Waals surface area contributed by atoms with E-state index in [1.807, 2.05) is 0 Å². The monoisotopic (exact) mass is 394 g/mol. The van der Waals surface area contributed by atoms with Gasteiger partial charge in [0.15, 0.2) is 5.69 Å². The summed E-state index contributed by atoms with van der Waals surface area (Å²) in [5.41, 5.74) is 0.898. The predicted octanol–water partition coefficient (Wildman–Crippen LogP) is 0.699. The molecule has 0 spiro atoms. The Hall–Kier alpha value is -2.30. The number of halogens is 1. The van der Waals surface area contributed by atoms with Crippen LogP contribution in [0, 0.1) is 5.82 Å². The average molecular weight is 394 g/mol. The Morgan fingerprint density at radius 3 is 2.59 bits per heavy atom. The molecule has 1 amide bonds. The number of benzene rings is 1. The lowest BCUT2D eigenvalue weighted by molar-refractivity contribution is 0.0298. The third kappa shape index (κ3) is 3.35. The van der Waals surface area contributed by atoms with Crippen molar-refractivity contribution in [1.82, 2.24) is 19.0 Å². The van der Waals surface area contributed by atoms with E-state index in [2.05, 4.69) is 5.10 Å². The molecule has 27 heavy (non-hydrogen) atoms. The second kappa shape index (κ2) is 7.02. The fourth-order valence-corrected chi connectivity index (χ4v) is 4.74. The minimum absolute atomic E-state index is 0.0417. The summed E-state index contributed by atoms with van der Waals surface area (Å²) >= 11 is 0. The van der Waals surface area contributed by atoms with Crippen molar-refractivity contribution in [3.8, 4) is 0 Å². The zero-order valence-electron chi connectivity index (χ0n) is 14.5. The van der Waals surface area contributed by atoms with Gasteiger partial charge in [0.25, 0.3) is 5.91 Å². The van der Waals surface area contributed by atoms with Crippen LogP contribution >= 0.6 is 0 Å². The Morgan fingerprint density at radius 1 is 1.11 bits per heavy atom. The van der Waals surface area contributed by atoms with Gasteiger partial charge in [-0.15, -0.1) is 0 Å². The van der Waals surface area contributed by atoms with Crippen LogP contribution in [0.2, 0.25) is 0 Å². The molecule has 1 aromatic heterocycles. The highest BCUT2D eigenvalue weighted by molar-refractivity contribution is 7.89. The Bertz CT molecular complexity index is 969. The van der Waals surface area contributed by atoms with Gasteiger partial charge in [-0.05, 0) is 18.2 Å². The number of carbonyl (C=O) groups excluding carboxylic acids is 1. The van der Waals surface area contributed by atoms with Crippen LogP contribution in [0.4, 0.5) is 4.39 Å². The van der Waals surface area contributed by atoms with Crippen LogP contribution in [0.15, 0.2) is 35.2 Å². The second-order valence-corrected chi connectivity index (χ2v) is 8.32. The Labute approximate surface area is 156 Å². The van der Waals surface area contributed by atoms with Crippen LogP contribution in [0.25, 0.3) is 0 Å². The SMILES string of the molecule is O=C(c1cc2n(n1)CCN(S(=O)(=O)c1ccccc1F)C2)N1CCOCC1. The molecule has 2 aliphatic heterocycles. The van der Waals surface area contributed by atoms with Crippen molar-refractivity contribution in [3.05, 3.63) is 47.5 Å². The number of amides is 1. The second-order valence-electron chi connectivity index (χ2n) is 6.42. The van der Waals surface area contributed by atoms with E-state index in [4.69, 9.17) is 4.74 Å². The molecule has 10 heteroatoms. The molecular formula is C17H19FN4O4S. The number of hydrogen-bond donors (Lipinski definition) is 0. The van der Waals surface area contributed by atoms with Crippen molar-refractivity contribution < 1.29 is 22.3 Å². The first-order valence-corrected chi connectivity index (χ1v) is 10.1. The van der Waals surface area contributed by atoms with Gasteiger partial charge in [-0.2, -0.15) is 9.40 Å². The van der Waals surface area contributed by atoms with Crippen LogP contribution in [0.1, 0.15) is 16.2 Å². The molecule has 0 aliphatic carbocycles. The molecular weight excluding hydrogens is 375 g/mol. The molecule has 4 rings (SSSR count). The summed E-state index contributed by atoms with van der Waals surface area (Å²) in [6.45, 7) is 2.52. The zero-order chi connectivity index (χ0) is 19.0. The normalized spacial score (nSPS) is 18.3. The van der Waals surface area contributed by atoms with Gasteiger partial charge in [0, 0.05) is 19.6 Å². The molecule has 0 N–H and O–H groups in total. The zero-order valence-corrected chi connectivity index (χ0v) is 15.4. The molecule has 2 aliphatic rings. The van der Waals surface area contributed by atoms with E-state index in [0.717, 1.165) is 6.07 Å². The van der Waals surface area contributed by atoms with Gasteiger partial charge in [-0.3, -0.25) is 9.48 Å². The Kier molecular flexibility index (Phi) is 4.70. The fourth-order valence-electron chi connectivity index (χ4n) is 3.27. The van der Waals surface area contributed by atoms with Gasteiger partial charge in [0.1, 0.15) is 10.7 Å². The van der Waals surface area contributed by atoms with Crippen LogP contribution in [0.5, 0.6) is 0 Å². The molecule has 144 valence electrons. The summed E-state index contributed by atoms with van der Waals surface area (Å²) in [5, 5.41) is 4.32. The minimum Gasteiger partial charge on any atom is -0.378 e. The van der Waals surface area contributed by atoms with Crippen molar-refractivity contribution in [1.29, 1.82) is 0 Å². The molecule has 0 atom stereocenters. The van der Waals surface area contributed by atoms with E-state index in [9.17, 15) is 17.6 Å². The quantitative estimate of drug-likeness (QED) is 0.765. The first-order valence-electron chi connectivity index (χ1n) is 8.65. The van der Waals surface area contributed by atoms with Gasteiger partial charge in [0.2, 0.25) is 10.0 Å². The Morgan fingerprint density at radius 2 is 1.85 bits per heavy atom. The topological polar surface area (TPSA) is 84.7 Å². The summed E-state index contributed by atoms with van der Waals surface area (Å²) in [6.07, 6.45) is 0. The lowest BCUT2D eigenvalue weighted by atomic mass is 10.3. The third-order valence-electron chi connectivity index (χ3n) is 4.73. The number of nitrogens with zero attached hydrogens (tertiary/aromatic N) is 4. The average Bonchev–Trinajstić information content (AvgIpc) is 3.11. The van der Waals surface area contributed by atoms with Crippen molar-refractivity contribution in [2.24, 2.45) is 0 Å². The summed E-state index contributed by atoms with van der Waals surface area (Å²) in [6, 6.07) is 6.93. The van der Waals surface area contributed by atoms with Crippen LogP contribution < -0.4 is 0 Å². The number of ether oxygens (including phenoxy) is 1. The van der Waals surface area contributed by atoms with Gasteiger partial charge < -0.3 is 9.64 Å².